The summed E-state index contributed by atoms with van der Waals surface area (Å²) in [5.41, 5.74) is 0.990. The molecule has 7 nitrogen and oxygen atoms in total. The van der Waals surface area contributed by atoms with Crippen LogP contribution in [-0.2, 0) is 6.54 Å². The Morgan fingerprint density at radius 3 is 2.31 bits per heavy atom. The quantitative estimate of drug-likeness (QED) is 0.668. The molecule has 1 aliphatic carbocycles. The number of hydrogen-bond acceptors (Lipinski definition) is 6. The third-order valence-corrected chi connectivity index (χ3v) is 5.56. The molecule has 7 heteroatoms. The van der Waals surface area contributed by atoms with Gasteiger partial charge in [0, 0.05) is 44.4 Å². The zero-order valence-electron chi connectivity index (χ0n) is 16.3. The van der Waals surface area contributed by atoms with Crippen molar-refractivity contribution in [1.82, 2.24) is 19.7 Å². The van der Waals surface area contributed by atoms with E-state index in [2.05, 4.69) is 19.9 Å². The van der Waals surface area contributed by atoms with E-state index in [0.29, 0.717) is 12.5 Å². The second-order valence-electron chi connectivity index (χ2n) is 7.69. The van der Waals surface area contributed by atoms with Crippen molar-refractivity contribution in [3.63, 3.8) is 0 Å². The lowest BCUT2D eigenvalue weighted by Gasteiger charge is -2.36. The summed E-state index contributed by atoms with van der Waals surface area (Å²) >= 11 is 0. The van der Waals surface area contributed by atoms with Gasteiger partial charge in [0.05, 0.1) is 6.54 Å². The van der Waals surface area contributed by atoms with Crippen LogP contribution in [0.5, 0.6) is 0 Å². The van der Waals surface area contributed by atoms with Crippen LogP contribution in [0.15, 0.2) is 59.5 Å². The van der Waals surface area contributed by atoms with Crippen molar-refractivity contribution in [2.45, 2.75) is 25.3 Å². The average Bonchev–Trinajstić information content (AvgIpc) is 3.62. The van der Waals surface area contributed by atoms with Gasteiger partial charge in [-0.3, -0.25) is 4.79 Å². The zero-order valence-corrected chi connectivity index (χ0v) is 16.3. The molecular weight excluding hydrogens is 364 g/mol. The molecule has 2 fully saturated rings. The van der Waals surface area contributed by atoms with E-state index in [-0.39, 0.29) is 5.56 Å². The van der Waals surface area contributed by atoms with Gasteiger partial charge < -0.3 is 9.80 Å². The SMILES string of the molecule is O=c1ccc(N2CCN(c3ccnc(C4CC4)n3)CC2)nn1Cc1ccccc1. The molecule has 3 heterocycles. The van der Waals surface area contributed by atoms with Gasteiger partial charge in [0.25, 0.3) is 5.56 Å². The summed E-state index contributed by atoms with van der Waals surface area (Å²) in [6.07, 6.45) is 4.30. The number of piperazine rings is 1. The molecule has 0 radical (unpaired) electrons. The topological polar surface area (TPSA) is 67.2 Å². The molecule has 2 aromatic heterocycles. The molecule has 148 valence electrons. The Labute approximate surface area is 169 Å². The van der Waals surface area contributed by atoms with E-state index in [0.717, 1.165) is 49.2 Å². The first kappa shape index (κ1) is 17.8. The predicted molar refractivity (Wildman–Crippen MR) is 112 cm³/mol. The minimum Gasteiger partial charge on any atom is -0.353 e. The van der Waals surface area contributed by atoms with E-state index < -0.39 is 0 Å². The number of benzene rings is 1. The van der Waals surface area contributed by atoms with Crippen molar-refractivity contribution in [1.29, 1.82) is 0 Å². The molecular formula is C22H24N6O. The van der Waals surface area contributed by atoms with Gasteiger partial charge in [-0.1, -0.05) is 30.3 Å². The van der Waals surface area contributed by atoms with Crippen molar-refractivity contribution in [3.8, 4) is 0 Å². The maximum Gasteiger partial charge on any atom is 0.267 e. The van der Waals surface area contributed by atoms with Crippen LogP contribution in [-0.4, -0.2) is 45.9 Å². The molecule has 29 heavy (non-hydrogen) atoms. The first-order chi connectivity index (χ1) is 14.3. The highest BCUT2D eigenvalue weighted by atomic mass is 16.1. The molecule has 1 aliphatic heterocycles. The van der Waals surface area contributed by atoms with Crippen LogP contribution < -0.4 is 15.4 Å². The molecule has 0 spiro atoms. The summed E-state index contributed by atoms with van der Waals surface area (Å²) < 4.78 is 1.55. The Balaban J connectivity index is 1.27. The summed E-state index contributed by atoms with van der Waals surface area (Å²) in [4.78, 5) is 26.0. The van der Waals surface area contributed by atoms with Crippen LogP contribution >= 0.6 is 0 Å². The van der Waals surface area contributed by atoms with Gasteiger partial charge >= 0.3 is 0 Å². The minimum absolute atomic E-state index is 0.0789. The predicted octanol–water partition coefficient (Wildman–Crippen LogP) is 2.29. The summed E-state index contributed by atoms with van der Waals surface area (Å²) in [6.45, 7) is 3.93. The largest absolute Gasteiger partial charge is 0.353 e. The van der Waals surface area contributed by atoms with Crippen molar-refractivity contribution in [2.24, 2.45) is 0 Å². The molecule has 0 N–H and O–H groups in total. The summed E-state index contributed by atoms with van der Waals surface area (Å²) in [5.74, 6) is 3.41. The maximum atomic E-state index is 12.2. The standard InChI is InChI=1S/C22H24N6O/c29-21-9-8-20(25-28(21)16-17-4-2-1-3-5-17)27-14-12-26(13-15-27)19-10-11-23-22(24-19)18-6-7-18/h1-5,8-11,18H,6-7,12-16H2. The molecule has 2 aliphatic rings. The molecule has 1 saturated carbocycles. The highest BCUT2D eigenvalue weighted by molar-refractivity contribution is 5.44. The van der Waals surface area contributed by atoms with E-state index in [9.17, 15) is 4.79 Å². The molecule has 1 saturated heterocycles. The molecule has 0 atom stereocenters. The van der Waals surface area contributed by atoms with E-state index in [1.807, 2.05) is 48.7 Å². The van der Waals surface area contributed by atoms with E-state index >= 15 is 0 Å². The van der Waals surface area contributed by atoms with Crippen LogP contribution in [0.2, 0.25) is 0 Å². The van der Waals surface area contributed by atoms with Crippen LogP contribution in [0.3, 0.4) is 0 Å². The van der Waals surface area contributed by atoms with Crippen LogP contribution in [0, 0.1) is 0 Å². The fraction of sp³-hybridized carbons (Fsp3) is 0.364. The van der Waals surface area contributed by atoms with Gasteiger partial charge in [0.2, 0.25) is 0 Å². The first-order valence-corrected chi connectivity index (χ1v) is 10.2. The lowest BCUT2D eigenvalue weighted by molar-refractivity contribution is 0.599. The van der Waals surface area contributed by atoms with Gasteiger partial charge in [0.1, 0.15) is 17.5 Å². The number of nitrogens with zero attached hydrogens (tertiary/aromatic N) is 6. The molecule has 3 aromatic rings. The second kappa shape index (κ2) is 7.66. The van der Waals surface area contributed by atoms with Crippen molar-refractivity contribution < 1.29 is 0 Å². The van der Waals surface area contributed by atoms with Gasteiger partial charge in [-0.15, -0.1) is 0 Å². The van der Waals surface area contributed by atoms with Crippen LogP contribution in [0.25, 0.3) is 0 Å². The smallest absolute Gasteiger partial charge is 0.267 e. The Bertz CT molecular complexity index is 1040. The number of aromatic nitrogens is 4. The Hall–Kier alpha value is -3.22. The van der Waals surface area contributed by atoms with Gasteiger partial charge in [-0.05, 0) is 30.5 Å². The Kier molecular flexibility index (Phi) is 4.71. The number of anilines is 2. The lowest BCUT2D eigenvalue weighted by Crippen LogP contribution is -2.47. The van der Waals surface area contributed by atoms with Crippen LogP contribution in [0.1, 0.15) is 30.1 Å². The number of hydrogen-bond donors (Lipinski definition) is 0. The summed E-state index contributed by atoms with van der Waals surface area (Å²) in [6, 6.07) is 15.4. The monoisotopic (exact) mass is 388 g/mol. The molecule has 0 amide bonds. The Morgan fingerprint density at radius 2 is 1.59 bits per heavy atom. The molecule has 5 rings (SSSR count). The molecule has 0 unspecified atom stereocenters. The van der Waals surface area contributed by atoms with E-state index in [1.54, 1.807) is 10.7 Å². The van der Waals surface area contributed by atoms with Crippen LogP contribution in [0.4, 0.5) is 11.6 Å². The van der Waals surface area contributed by atoms with Gasteiger partial charge in [-0.25, -0.2) is 14.6 Å². The summed E-state index contributed by atoms with van der Waals surface area (Å²) in [5, 5.41) is 4.62. The normalized spacial score (nSPS) is 16.8. The average molecular weight is 388 g/mol. The Morgan fingerprint density at radius 1 is 0.862 bits per heavy atom. The van der Waals surface area contributed by atoms with Gasteiger partial charge in [0.15, 0.2) is 0 Å². The summed E-state index contributed by atoms with van der Waals surface area (Å²) in [7, 11) is 0. The third-order valence-electron chi connectivity index (χ3n) is 5.56. The van der Waals surface area contributed by atoms with Crippen molar-refractivity contribution in [2.75, 3.05) is 36.0 Å². The first-order valence-electron chi connectivity index (χ1n) is 10.2. The lowest BCUT2D eigenvalue weighted by atomic mass is 10.2. The van der Waals surface area contributed by atoms with Gasteiger partial charge in [-0.2, -0.15) is 5.10 Å². The zero-order chi connectivity index (χ0) is 19.6. The van der Waals surface area contributed by atoms with E-state index in [4.69, 9.17) is 4.98 Å². The maximum absolute atomic E-state index is 12.2. The second-order valence-corrected chi connectivity index (χ2v) is 7.69. The van der Waals surface area contributed by atoms with Crippen molar-refractivity contribution >= 4 is 11.6 Å². The van der Waals surface area contributed by atoms with E-state index in [1.165, 1.54) is 12.8 Å². The molecule has 1 aromatic carbocycles. The minimum atomic E-state index is -0.0789. The third kappa shape index (κ3) is 3.99. The fourth-order valence-corrected chi connectivity index (χ4v) is 3.72. The molecule has 0 bridgehead atoms. The van der Waals surface area contributed by atoms with Crippen molar-refractivity contribution in [3.05, 3.63) is 76.5 Å². The number of rotatable bonds is 5. The highest BCUT2D eigenvalue weighted by Gasteiger charge is 2.27. The fourth-order valence-electron chi connectivity index (χ4n) is 3.72. The highest BCUT2D eigenvalue weighted by Crippen LogP contribution is 2.38.